The summed E-state index contributed by atoms with van der Waals surface area (Å²) in [6, 6.07) is 13.0. The van der Waals surface area contributed by atoms with Gasteiger partial charge in [-0.2, -0.15) is 0 Å². The molecular formula is C22H21ClN4O2. The lowest BCUT2D eigenvalue weighted by atomic mass is 10.1. The van der Waals surface area contributed by atoms with Crippen molar-refractivity contribution in [2.24, 2.45) is 0 Å². The number of aromatic amines is 2. The second-order valence-electron chi connectivity index (χ2n) is 6.99. The molecule has 2 aromatic carbocycles. The number of hydrogen-bond acceptors (Lipinski definition) is 3. The van der Waals surface area contributed by atoms with Crippen LogP contribution in [0.1, 0.15) is 35.4 Å². The summed E-state index contributed by atoms with van der Waals surface area (Å²) in [6.45, 7) is 0.520. The molecule has 0 aliphatic rings. The second-order valence-corrected chi connectivity index (χ2v) is 7.43. The molecule has 0 radical (unpaired) electrons. The number of carbonyl (C=O) groups excluding carboxylic acids is 1. The van der Waals surface area contributed by atoms with Crippen LogP contribution in [-0.2, 0) is 6.42 Å². The molecular weight excluding hydrogens is 388 g/mol. The van der Waals surface area contributed by atoms with Crippen molar-refractivity contribution in [3.05, 3.63) is 75.3 Å². The number of aryl methyl sites for hydroxylation is 1. The average Bonchev–Trinajstić information content (AvgIpc) is 3.14. The summed E-state index contributed by atoms with van der Waals surface area (Å²) in [7, 11) is 0. The Bertz CT molecular complexity index is 1200. The summed E-state index contributed by atoms with van der Waals surface area (Å²) in [5.74, 6) is 0.613. The fourth-order valence-electron chi connectivity index (χ4n) is 3.37. The van der Waals surface area contributed by atoms with Crippen LogP contribution in [0.3, 0.4) is 0 Å². The second kappa shape index (κ2) is 8.49. The molecule has 4 rings (SSSR count). The van der Waals surface area contributed by atoms with Gasteiger partial charge in [0.2, 0.25) is 5.43 Å². The van der Waals surface area contributed by atoms with Gasteiger partial charge in [-0.25, -0.2) is 4.98 Å². The minimum Gasteiger partial charge on any atom is -0.360 e. The lowest BCUT2D eigenvalue weighted by Gasteiger charge is -2.06. The number of amides is 1. The molecule has 4 aromatic rings. The van der Waals surface area contributed by atoms with Crippen LogP contribution in [-0.4, -0.2) is 27.4 Å². The van der Waals surface area contributed by atoms with E-state index in [2.05, 4.69) is 20.3 Å². The first-order valence-electron chi connectivity index (χ1n) is 9.64. The Morgan fingerprint density at radius 1 is 1.07 bits per heavy atom. The Morgan fingerprint density at radius 3 is 2.79 bits per heavy atom. The number of fused-ring (bicyclic) bond motifs is 2. The summed E-state index contributed by atoms with van der Waals surface area (Å²) in [4.78, 5) is 35.8. The van der Waals surface area contributed by atoms with Crippen LogP contribution in [0.2, 0.25) is 5.02 Å². The largest absolute Gasteiger partial charge is 0.360 e. The number of hydrogen-bond donors (Lipinski definition) is 3. The van der Waals surface area contributed by atoms with Crippen LogP contribution in [0.4, 0.5) is 0 Å². The number of pyridine rings is 1. The molecule has 0 aliphatic heterocycles. The highest BCUT2D eigenvalue weighted by Crippen LogP contribution is 2.15. The zero-order valence-electron chi connectivity index (χ0n) is 15.8. The molecule has 2 aromatic heterocycles. The van der Waals surface area contributed by atoms with E-state index in [1.807, 2.05) is 24.3 Å². The summed E-state index contributed by atoms with van der Waals surface area (Å²) in [5.41, 5.74) is 2.47. The third-order valence-corrected chi connectivity index (χ3v) is 5.14. The van der Waals surface area contributed by atoms with Crippen molar-refractivity contribution in [1.29, 1.82) is 0 Å². The van der Waals surface area contributed by atoms with E-state index in [9.17, 15) is 9.59 Å². The molecule has 6 nitrogen and oxygen atoms in total. The Balaban J connectivity index is 1.26. The van der Waals surface area contributed by atoms with Crippen LogP contribution >= 0.6 is 11.6 Å². The zero-order chi connectivity index (χ0) is 20.2. The molecule has 148 valence electrons. The number of benzene rings is 2. The van der Waals surface area contributed by atoms with Crippen LogP contribution in [0.5, 0.6) is 0 Å². The van der Waals surface area contributed by atoms with Crippen molar-refractivity contribution in [2.45, 2.75) is 25.7 Å². The molecule has 0 atom stereocenters. The minimum atomic E-state index is -0.370. The van der Waals surface area contributed by atoms with Gasteiger partial charge in [0.15, 0.2) is 0 Å². The molecule has 0 saturated carbocycles. The first-order valence-corrected chi connectivity index (χ1v) is 10.0. The maximum absolute atomic E-state index is 12.5. The maximum atomic E-state index is 12.5. The Morgan fingerprint density at radius 2 is 1.93 bits per heavy atom. The molecule has 0 saturated heterocycles. The number of unbranched alkanes of at least 4 members (excludes halogenated alkanes) is 2. The molecule has 29 heavy (non-hydrogen) atoms. The number of imidazole rings is 1. The van der Waals surface area contributed by atoms with Crippen molar-refractivity contribution < 1.29 is 4.79 Å². The predicted octanol–water partition coefficient (Wildman–Crippen LogP) is 4.20. The van der Waals surface area contributed by atoms with Crippen LogP contribution in [0.15, 0.2) is 53.5 Å². The molecule has 3 N–H and O–H groups in total. The van der Waals surface area contributed by atoms with Crippen molar-refractivity contribution in [3.8, 4) is 0 Å². The van der Waals surface area contributed by atoms with E-state index in [-0.39, 0.29) is 16.9 Å². The summed E-state index contributed by atoms with van der Waals surface area (Å²) in [6.07, 6.45) is 5.10. The van der Waals surface area contributed by atoms with Crippen LogP contribution in [0.25, 0.3) is 21.9 Å². The fraction of sp³-hybridized carbons (Fsp3) is 0.227. The SMILES string of the molecule is O=C(NCCCCCc1nc2ccccc2[nH]1)c1c[nH]c2ccc(Cl)cc2c1=O. The van der Waals surface area contributed by atoms with Gasteiger partial charge in [0.05, 0.1) is 11.0 Å². The quantitative estimate of drug-likeness (QED) is 0.400. The van der Waals surface area contributed by atoms with Gasteiger partial charge in [0, 0.05) is 35.1 Å². The van der Waals surface area contributed by atoms with E-state index in [0.29, 0.717) is 22.5 Å². The highest BCUT2D eigenvalue weighted by atomic mass is 35.5. The number of halogens is 1. The van der Waals surface area contributed by atoms with Crippen molar-refractivity contribution in [1.82, 2.24) is 20.3 Å². The monoisotopic (exact) mass is 408 g/mol. The standard InChI is InChI=1S/C22H21ClN4O2/c23-14-9-10-17-15(12-14)21(28)16(13-25-17)22(29)24-11-5-1-2-8-20-26-18-6-3-4-7-19(18)27-20/h3-4,6-7,9-10,12-13H,1-2,5,8,11H2,(H,24,29)(H,25,28)(H,26,27). The first kappa shape index (κ1) is 19.2. The van der Waals surface area contributed by atoms with E-state index < -0.39 is 0 Å². The van der Waals surface area contributed by atoms with Crippen molar-refractivity contribution in [2.75, 3.05) is 6.54 Å². The average molecular weight is 409 g/mol. The minimum absolute atomic E-state index is 0.0991. The molecule has 1 amide bonds. The maximum Gasteiger partial charge on any atom is 0.256 e. The van der Waals surface area contributed by atoms with Gasteiger partial charge in [-0.15, -0.1) is 0 Å². The van der Waals surface area contributed by atoms with E-state index in [0.717, 1.165) is 42.5 Å². The summed E-state index contributed by atoms with van der Waals surface area (Å²) in [5, 5.41) is 3.70. The number of H-pyrrole nitrogens is 2. The Labute approximate surface area is 172 Å². The van der Waals surface area contributed by atoms with Gasteiger partial charge in [-0.05, 0) is 43.2 Å². The molecule has 7 heteroatoms. The first-order chi connectivity index (χ1) is 14.1. The normalized spacial score (nSPS) is 11.2. The predicted molar refractivity (Wildman–Crippen MR) is 116 cm³/mol. The molecule has 0 aliphatic carbocycles. The lowest BCUT2D eigenvalue weighted by molar-refractivity contribution is 0.0951. The van der Waals surface area contributed by atoms with Gasteiger partial charge >= 0.3 is 0 Å². The molecule has 0 bridgehead atoms. The molecule has 0 spiro atoms. The van der Waals surface area contributed by atoms with Crippen LogP contribution < -0.4 is 10.7 Å². The summed E-state index contributed by atoms with van der Waals surface area (Å²) < 4.78 is 0. The number of rotatable bonds is 7. The van der Waals surface area contributed by atoms with Gasteiger partial charge in [0.25, 0.3) is 5.91 Å². The highest BCUT2D eigenvalue weighted by molar-refractivity contribution is 6.31. The topological polar surface area (TPSA) is 90.6 Å². The third-order valence-electron chi connectivity index (χ3n) is 4.90. The lowest BCUT2D eigenvalue weighted by Crippen LogP contribution is -2.29. The van der Waals surface area contributed by atoms with Gasteiger partial charge in [0.1, 0.15) is 11.4 Å². The van der Waals surface area contributed by atoms with E-state index in [1.54, 1.807) is 18.2 Å². The van der Waals surface area contributed by atoms with Gasteiger partial charge in [-0.1, -0.05) is 30.2 Å². The number of para-hydroxylation sites is 2. The van der Waals surface area contributed by atoms with Crippen molar-refractivity contribution >= 4 is 39.4 Å². The number of aromatic nitrogens is 3. The molecule has 2 heterocycles. The van der Waals surface area contributed by atoms with E-state index >= 15 is 0 Å². The Hall–Kier alpha value is -3.12. The third kappa shape index (κ3) is 4.32. The molecule has 0 unspecified atom stereocenters. The smallest absolute Gasteiger partial charge is 0.256 e. The summed E-state index contributed by atoms with van der Waals surface area (Å²) >= 11 is 5.96. The van der Waals surface area contributed by atoms with E-state index in [4.69, 9.17) is 11.6 Å². The van der Waals surface area contributed by atoms with Crippen LogP contribution in [0, 0.1) is 0 Å². The molecule has 0 fully saturated rings. The highest BCUT2D eigenvalue weighted by Gasteiger charge is 2.12. The Kier molecular flexibility index (Phi) is 5.62. The number of nitrogens with zero attached hydrogens (tertiary/aromatic N) is 1. The number of carbonyl (C=O) groups is 1. The van der Waals surface area contributed by atoms with Gasteiger partial charge < -0.3 is 15.3 Å². The van der Waals surface area contributed by atoms with Gasteiger partial charge in [-0.3, -0.25) is 9.59 Å². The van der Waals surface area contributed by atoms with E-state index in [1.165, 1.54) is 6.20 Å². The zero-order valence-corrected chi connectivity index (χ0v) is 16.6. The van der Waals surface area contributed by atoms with Crippen molar-refractivity contribution in [3.63, 3.8) is 0 Å². The fourth-order valence-corrected chi connectivity index (χ4v) is 3.55. The number of nitrogens with one attached hydrogen (secondary N) is 3.